The number of carbonyl (C=O) groups excluding carboxylic acids is 3. The Morgan fingerprint density at radius 1 is 0.707 bits per heavy atom. The molecule has 0 saturated heterocycles. The van der Waals surface area contributed by atoms with Crippen LogP contribution in [0.25, 0.3) is 0 Å². The number of rotatable bonds is 14. The van der Waals surface area contributed by atoms with Gasteiger partial charge in [-0.05, 0) is 69.0 Å². The van der Waals surface area contributed by atoms with Crippen molar-refractivity contribution < 1.29 is 33.3 Å². The first-order valence-electron chi connectivity index (χ1n) is 14.1. The van der Waals surface area contributed by atoms with E-state index in [2.05, 4.69) is 10.6 Å². The zero-order valence-electron chi connectivity index (χ0n) is 25.6. The molecule has 0 aliphatic rings. The Labute approximate surface area is 244 Å². The van der Waals surface area contributed by atoms with E-state index in [1.807, 2.05) is 38.1 Å². The van der Waals surface area contributed by atoms with Crippen LogP contribution in [0, 0.1) is 11.8 Å². The summed E-state index contributed by atoms with van der Waals surface area (Å²) < 4.78 is 21.3. The summed E-state index contributed by atoms with van der Waals surface area (Å²) in [5.41, 5.74) is 0.758. The Morgan fingerprint density at radius 3 is 1.54 bits per heavy atom. The van der Waals surface area contributed by atoms with Crippen LogP contribution in [0.15, 0.2) is 48.5 Å². The minimum absolute atomic E-state index is 0.297. The van der Waals surface area contributed by atoms with Gasteiger partial charge in [0, 0.05) is 0 Å². The summed E-state index contributed by atoms with van der Waals surface area (Å²) in [4.78, 5) is 40.0. The molecule has 9 nitrogen and oxygen atoms in total. The van der Waals surface area contributed by atoms with Crippen LogP contribution in [-0.2, 0) is 19.1 Å². The number of benzene rings is 2. The fraction of sp³-hybridized carbons (Fsp3) is 0.531. The molecule has 2 aromatic rings. The third-order valence-corrected chi connectivity index (χ3v) is 6.76. The van der Waals surface area contributed by atoms with Crippen LogP contribution in [0.1, 0.15) is 83.5 Å². The van der Waals surface area contributed by atoms with Crippen LogP contribution in [-0.4, -0.2) is 44.9 Å². The maximum absolute atomic E-state index is 14.2. The number of hydrogen-bond acceptors (Lipinski definition) is 7. The molecule has 0 spiro atoms. The lowest BCUT2D eigenvalue weighted by atomic mass is 9.85. The molecule has 0 radical (unpaired) electrons. The van der Waals surface area contributed by atoms with Crippen molar-refractivity contribution in [1.29, 1.82) is 0 Å². The second kappa shape index (κ2) is 15.9. The number of carbonyl (C=O) groups is 3. The summed E-state index contributed by atoms with van der Waals surface area (Å²) in [5, 5.41) is 6.09. The number of nitrogens with one attached hydrogen (secondary N) is 2. The van der Waals surface area contributed by atoms with Gasteiger partial charge in [0.2, 0.25) is 5.91 Å². The van der Waals surface area contributed by atoms with E-state index in [-0.39, 0.29) is 5.91 Å². The normalized spacial score (nSPS) is 14.1. The Kier molecular flexibility index (Phi) is 13.0. The van der Waals surface area contributed by atoms with Crippen LogP contribution in [0.4, 0.5) is 4.79 Å². The number of esters is 1. The highest BCUT2D eigenvalue weighted by molar-refractivity contribution is 5.82. The molecule has 226 valence electrons. The van der Waals surface area contributed by atoms with Gasteiger partial charge >= 0.3 is 12.1 Å². The first kappa shape index (κ1) is 33.5. The van der Waals surface area contributed by atoms with E-state index >= 15 is 0 Å². The fourth-order valence-corrected chi connectivity index (χ4v) is 4.79. The van der Waals surface area contributed by atoms with E-state index in [1.165, 1.54) is 7.11 Å². The van der Waals surface area contributed by atoms with Gasteiger partial charge < -0.3 is 29.6 Å². The summed E-state index contributed by atoms with van der Waals surface area (Å²) in [6, 6.07) is 13.1. The molecule has 0 bridgehead atoms. The molecule has 2 N–H and O–H groups in total. The van der Waals surface area contributed by atoms with Gasteiger partial charge in [0.15, 0.2) is 0 Å². The van der Waals surface area contributed by atoms with Crippen molar-refractivity contribution in [3.8, 4) is 11.5 Å². The summed E-state index contributed by atoms with van der Waals surface area (Å²) in [5.74, 6) is -0.659. The molecule has 0 saturated carbocycles. The van der Waals surface area contributed by atoms with Crippen LogP contribution in [0.2, 0.25) is 0 Å². The first-order chi connectivity index (χ1) is 19.5. The molecule has 0 aromatic heterocycles. The van der Waals surface area contributed by atoms with Gasteiger partial charge in [-0.25, -0.2) is 4.79 Å². The average molecular weight is 571 g/mol. The number of ether oxygens (including phenoxy) is 4. The quantitative estimate of drug-likeness (QED) is 0.263. The smallest absolute Gasteiger partial charge is 0.408 e. The van der Waals surface area contributed by atoms with Crippen molar-refractivity contribution in [2.45, 2.75) is 78.0 Å². The lowest BCUT2D eigenvalue weighted by Gasteiger charge is -2.32. The Hall–Kier alpha value is -3.75. The number of amides is 2. The maximum atomic E-state index is 14.2. The van der Waals surface area contributed by atoms with E-state index in [4.69, 9.17) is 18.9 Å². The molecule has 9 heteroatoms. The molecule has 0 aliphatic carbocycles. The third-order valence-electron chi connectivity index (χ3n) is 6.76. The molecule has 0 aliphatic heterocycles. The summed E-state index contributed by atoms with van der Waals surface area (Å²) in [6.45, 7) is 9.31. The predicted octanol–water partition coefficient (Wildman–Crippen LogP) is 6.13. The van der Waals surface area contributed by atoms with E-state index in [0.717, 1.165) is 17.5 Å². The number of hydrogen-bond donors (Lipinski definition) is 2. The zero-order valence-corrected chi connectivity index (χ0v) is 25.6. The molecule has 0 unspecified atom stereocenters. The standard InChI is InChI=1S/C32H46N2O7/c1-9-11-25(27(34-31(37)41-32(3,4)5)21-13-17-23(38-6)18-14-21)29(35)33-28(26(12-10-2)30(36)40-8)22-15-19-24(39-7)20-16-22/h13-20,25-28H,9-12H2,1-8H3,(H,33,35)(H,34,37)/t25-,26-,27+,28+/m1/s1. The fourth-order valence-electron chi connectivity index (χ4n) is 4.79. The average Bonchev–Trinajstić information content (AvgIpc) is 2.95. The maximum Gasteiger partial charge on any atom is 0.408 e. The summed E-state index contributed by atoms with van der Waals surface area (Å²) >= 11 is 0. The molecule has 2 amide bonds. The highest BCUT2D eigenvalue weighted by Gasteiger charge is 2.36. The highest BCUT2D eigenvalue weighted by atomic mass is 16.6. The predicted molar refractivity (Wildman–Crippen MR) is 158 cm³/mol. The van der Waals surface area contributed by atoms with E-state index in [1.54, 1.807) is 59.3 Å². The molecule has 0 fully saturated rings. The Balaban J connectivity index is 2.54. The Morgan fingerprint density at radius 2 is 1.15 bits per heavy atom. The minimum atomic E-state index is -0.718. The molecular weight excluding hydrogens is 524 g/mol. The largest absolute Gasteiger partial charge is 0.497 e. The van der Waals surface area contributed by atoms with Crippen molar-refractivity contribution in [3.05, 3.63) is 59.7 Å². The molecule has 4 atom stereocenters. The molecular formula is C32H46N2O7. The highest BCUT2D eigenvalue weighted by Crippen LogP contribution is 2.33. The lowest BCUT2D eigenvalue weighted by molar-refractivity contribution is -0.147. The second-order valence-electron chi connectivity index (χ2n) is 11.0. The number of alkyl carbamates (subject to hydrolysis) is 1. The summed E-state index contributed by atoms with van der Waals surface area (Å²) in [7, 11) is 4.50. The zero-order chi connectivity index (χ0) is 30.6. The third kappa shape index (κ3) is 9.99. The molecule has 2 rings (SSSR count). The van der Waals surface area contributed by atoms with E-state index in [0.29, 0.717) is 30.8 Å². The van der Waals surface area contributed by atoms with Crippen molar-refractivity contribution in [3.63, 3.8) is 0 Å². The van der Waals surface area contributed by atoms with Gasteiger partial charge in [0.05, 0.1) is 45.2 Å². The van der Waals surface area contributed by atoms with Gasteiger partial charge in [-0.2, -0.15) is 0 Å². The molecule has 0 heterocycles. The van der Waals surface area contributed by atoms with Gasteiger partial charge in [-0.15, -0.1) is 0 Å². The Bertz CT molecular complexity index is 1110. The van der Waals surface area contributed by atoms with Gasteiger partial charge in [-0.1, -0.05) is 51.0 Å². The van der Waals surface area contributed by atoms with Crippen LogP contribution in [0.3, 0.4) is 0 Å². The SMILES string of the molecule is CCC[C@@H](C(=O)N[C@@H](c1ccc(OC)cc1)[C@@H](CCC)C(=O)OC)[C@@H](NC(=O)OC(C)(C)C)c1ccc(OC)cc1. The summed E-state index contributed by atoms with van der Waals surface area (Å²) in [6.07, 6.45) is 1.76. The van der Waals surface area contributed by atoms with Crippen molar-refractivity contribution in [1.82, 2.24) is 10.6 Å². The van der Waals surface area contributed by atoms with Gasteiger partial charge in [0.1, 0.15) is 17.1 Å². The lowest BCUT2D eigenvalue weighted by Crippen LogP contribution is -2.46. The topological polar surface area (TPSA) is 112 Å². The molecule has 41 heavy (non-hydrogen) atoms. The van der Waals surface area contributed by atoms with Crippen LogP contribution in [0.5, 0.6) is 11.5 Å². The van der Waals surface area contributed by atoms with Crippen LogP contribution < -0.4 is 20.1 Å². The second-order valence-corrected chi connectivity index (χ2v) is 11.0. The van der Waals surface area contributed by atoms with Crippen molar-refractivity contribution >= 4 is 18.0 Å². The van der Waals surface area contributed by atoms with Crippen molar-refractivity contribution in [2.75, 3.05) is 21.3 Å². The first-order valence-corrected chi connectivity index (χ1v) is 14.1. The monoisotopic (exact) mass is 570 g/mol. The van der Waals surface area contributed by atoms with Gasteiger partial charge in [0.25, 0.3) is 0 Å². The van der Waals surface area contributed by atoms with E-state index in [9.17, 15) is 14.4 Å². The van der Waals surface area contributed by atoms with Crippen molar-refractivity contribution in [2.24, 2.45) is 11.8 Å². The van der Waals surface area contributed by atoms with E-state index < -0.39 is 41.6 Å². The number of methoxy groups -OCH3 is 3. The molecule has 2 aromatic carbocycles. The minimum Gasteiger partial charge on any atom is -0.497 e. The van der Waals surface area contributed by atoms with Gasteiger partial charge in [-0.3, -0.25) is 9.59 Å². The van der Waals surface area contributed by atoms with Crippen LogP contribution >= 0.6 is 0 Å².